The smallest absolute Gasteiger partial charge is 0.257 e. The quantitative estimate of drug-likeness (QED) is 0.725. The molecule has 0 unspecified atom stereocenters. The molecule has 1 amide bonds. The molecule has 0 saturated carbocycles. The first-order chi connectivity index (χ1) is 12.9. The van der Waals surface area contributed by atoms with E-state index in [1.165, 1.54) is 4.31 Å². The maximum absolute atomic E-state index is 12.6. The third-order valence-electron chi connectivity index (χ3n) is 4.70. The van der Waals surface area contributed by atoms with Gasteiger partial charge in [-0.15, -0.1) is 0 Å². The number of imidazole rings is 1. The summed E-state index contributed by atoms with van der Waals surface area (Å²) in [6, 6.07) is 12.6. The van der Waals surface area contributed by atoms with Crippen molar-refractivity contribution in [2.45, 2.75) is 19.8 Å². The van der Waals surface area contributed by atoms with Gasteiger partial charge in [0.25, 0.3) is 5.91 Å². The highest BCUT2D eigenvalue weighted by molar-refractivity contribution is 7.92. The molecule has 2 heterocycles. The molecule has 1 aliphatic heterocycles. The lowest BCUT2D eigenvalue weighted by atomic mass is 10.1. The van der Waals surface area contributed by atoms with Gasteiger partial charge >= 0.3 is 0 Å². The maximum Gasteiger partial charge on any atom is 0.257 e. The molecule has 1 aromatic heterocycles. The predicted octanol–water partition coefficient (Wildman–Crippen LogP) is 3.05. The number of para-hydroxylation sites is 2. The Bertz CT molecular complexity index is 1090. The van der Waals surface area contributed by atoms with Crippen molar-refractivity contribution in [1.29, 1.82) is 0 Å². The number of aromatic amines is 1. The molecule has 0 aliphatic carbocycles. The summed E-state index contributed by atoms with van der Waals surface area (Å²) in [5.41, 5.74) is 3.45. The van der Waals surface area contributed by atoms with Gasteiger partial charge in [-0.1, -0.05) is 12.1 Å². The fraction of sp³-hybridized carbons (Fsp3) is 0.263. The molecule has 1 aliphatic rings. The molecular weight excluding hydrogens is 364 g/mol. The number of sulfonamides is 1. The van der Waals surface area contributed by atoms with Crippen molar-refractivity contribution in [2.24, 2.45) is 0 Å². The highest BCUT2D eigenvalue weighted by atomic mass is 32.2. The van der Waals surface area contributed by atoms with Crippen molar-refractivity contribution in [1.82, 2.24) is 9.97 Å². The summed E-state index contributed by atoms with van der Waals surface area (Å²) in [4.78, 5) is 19.9. The number of nitrogens with zero attached hydrogens (tertiary/aromatic N) is 2. The van der Waals surface area contributed by atoms with Crippen LogP contribution in [0.15, 0.2) is 42.5 Å². The first-order valence-corrected chi connectivity index (χ1v) is 10.4. The minimum atomic E-state index is -3.28. The van der Waals surface area contributed by atoms with E-state index in [0.29, 0.717) is 30.2 Å². The number of fused-ring (bicyclic) bond motifs is 1. The monoisotopic (exact) mass is 384 g/mol. The Labute approximate surface area is 157 Å². The summed E-state index contributed by atoms with van der Waals surface area (Å²) in [5, 5.41) is 2.75. The average molecular weight is 384 g/mol. The average Bonchev–Trinajstić information content (AvgIpc) is 3.04. The molecule has 3 aromatic rings. The van der Waals surface area contributed by atoms with Gasteiger partial charge in [-0.2, -0.15) is 0 Å². The Kier molecular flexibility index (Phi) is 4.35. The standard InChI is InChI=1S/C19H20N4O3S/c1-13-12-14(8-9-17(13)23-10-4-5-11-27(23,25)26)18(24)22-19-20-15-6-2-3-7-16(15)21-19/h2-3,6-9,12H,4-5,10-11H2,1H3,(H2,20,21,22,24). The van der Waals surface area contributed by atoms with Gasteiger partial charge in [0.2, 0.25) is 16.0 Å². The fourth-order valence-corrected chi connectivity index (χ4v) is 5.03. The molecule has 0 atom stereocenters. The number of anilines is 2. The molecule has 0 radical (unpaired) electrons. The van der Waals surface area contributed by atoms with Crippen molar-refractivity contribution in [3.8, 4) is 0 Å². The number of H-pyrrole nitrogens is 1. The van der Waals surface area contributed by atoms with E-state index >= 15 is 0 Å². The van der Waals surface area contributed by atoms with Crippen LogP contribution in [0.4, 0.5) is 11.6 Å². The second-order valence-corrected chi connectivity index (χ2v) is 8.67. The number of amides is 1. The normalized spacial score (nSPS) is 16.4. The molecule has 7 nitrogen and oxygen atoms in total. The molecule has 27 heavy (non-hydrogen) atoms. The summed E-state index contributed by atoms with van der Waals surface area (Å²) in [7, 11) is -3.28. The fourth-order valence-electron chi connectivity index (χ4n) is 3.33. The number of carbonyl (C=O) groups is 1. The van der Waals surface area contributed by atoms with Crippen molar-refractivity contribution in [3.05, 3.63) is 53.6 Å². The van der Waals surface area contributed by atoms with Crippen LogP contribution < -0.4 is 9.62 Å². The largest absolute Gasteiger partial charge is 0.324 e. The number of aryl methyl sites for hydroxylation is 1. The molecule has 8 heteroatoms. The summed E-state index contributed by atoms with van der Waals surface area (Å²) < 4.78 is 26.1. The topological polar surface area (TPSA) is 95.2 Å². The molecule has 0 spiro atoms. The van der Waals surface area contributed by atoms with Crippen LogP contribution in [-0.4, -0.2) is 36.6 Å². The molecule has 2 aromatic carbocycles. The second-order valence-electron chi connectivity index (χ2n) is 6.65. The van der Waals surface area contributed by atoms with Gasteiger partial charge in [0.1, 0.15) is 0 Å². The van der Waals surface area contributed by atoms with Gasteiger partial charge in [0.05, 0.1) is 22.5 Å². The molecule has 1 fully saturated rings. The van der Waals surface area contributed by atoms with Crippen molar-refractivity contribution in [3.63, 3.8) is 0 Å². The van der Waals surface area contributed by atoms with Gasteiger partial charge in [-0.05, 0) is 55.7 Å². The van der Waals surface area contributed by atoms with Crippen LogP contribution in [0.3, 0.4) is 0 Å². The minimum absolute atomic E-state index is 0.167. The maximum atomic E-state index is 12.6. The van der Waals surface area contributed by atoms with E-state index in [9.17, 15) is 13.2 Å². The molecular formula is C19H20N4O3S. The molecule has 0 bridgehead atoms. The van der Waals surface area contributed by atoms with Crippen LogP contribution in [-0.2, 0) is 10.0 Å². The van der Waals surface area contributed by atoms with Crippen LogP contribution in [0, 0.1) is 6.92 Å². The summed E-state index contributed by atoms with van der Waals surface area (Å²) in [6.45, 7) is 2.30. The van der Waals surface area contributed by atoms with Crippen LogP contribution in [0.5, 0.6) is 0 Å². The van der Waals surface area contributed by atoms with Crippen molar-refractivity contribution >= 4 is 38.6 Å². The zero-order valence-corrected chi connectivity index (χ0v) is 15.7. The van der Waals surface area contributed by atoms with Gasteiger partial charge < -0.3 is 4.98 Å². The van der Waals surface area contributed by atoms with E-state index in [1.807, 2.05) is 31.2 Å². The number of benzene rings is 2. The van der Waals surface area contributed by atoms with Gasteiger partial charge in [-0.25, -0.2) is 13.4 Å². The summed E-state index contributed by atoms with van der Waals surface area (Å²) in [5.74, 6) is 0.243. The van der Waals surface area contributed by atoms with E-state index in [0.717, 1.165) is 23.0 Å². The Morgan fingerprint density at radius 2 is 2.00 bits per heavy atom. The van der Waals surface area contributed by atoms with Gasteiger partial charge in [0.15, 0.2) is 0 Å². The van der Waals surface area contributed by atoms with E-state index < -0.39 is 10.0 Å². The summed E-state index contributed by atoms with van der Waals surface area (Å²) >= 11 is 0. The highest BCUT2D eigenvalue weighted by Crippen LogP contribution is 2.27. The number of hydrogen-bond donors (Lipinski definition) is 2. The molecule has 1 saturated heterocycles. The molecule has 4 rings (SSSR count). The third-order valence-corrected chi connectivity index (χ3v) is 6.55. The Morgan fingerprint density at radius 1 is 1.19 bits per heavy atom. The first kappa shape index (κ1) is 17.5. The Balaban J connectivity index is 1.57. The van der Waals surface area contributed by atoms with Crippen LogP contribution in [0.1, 0.15) is 28.8 Å². The van der Waals surface area contributed by atoms with Gasteiger partial charge in [0, 0.05) is 12.1 Å². The lowest BCUT2D eigenvalue weighted by Gasteiger charge is -2.29. The van der Waals surface area contributed by atoms with Crippen LogP contribution in [0.2, 0.25) is 0 Å². The Morgan fingerprint density at radius 3 is 2.74 bits per heavy atom. The van der Waals surface area contributed by atoms with Crippen molar-refractivity contribution in [2.75, 3.05) is 21.9 Å². The Hall–Kier alpha value is -2.87. The van der Waals surface area contributed by atoms with E-state index in [-0.39, 0.29) is 11.7 Å². The lowest BCUT2D eigenvalue weighted by Crippen LogP contribution is -2.38. The van der Waals surface area contributed by atoms with Crippen LogP contribution in [0.25, 0.3) is 11.0 Å². The SMILES string of the molecule is Cc1cc(C(=O)Nc2nc3ccccc3[nH]2)ccc1N1CCCCS1(=O)=O. The zero-order valence-electron chi connectivity index (χ0n) is 14.9. The number of aromatic nitrogens is 2. The number of nitrogens with one attached hydrogen (secondary N) is 2. The first-order valence-electron chi connectivity index (χ1n) is 8.81. The number of hydrogen-bond acceptors (Lipinski definition) is 4. The number of carbonyl (C=O) groups excluding carboxylic acids is 1. The summed E-state index contributed by atoms with van der Waals surface area (Å²) in [6.07, 6.45) is 1.53. The van der Waals surface area contributed by atoms with E-state index in [4.69, 9.17) is 0 Å². The highest BCUT2D eigenvalue weighted by Gasteiger charge is 2.27. The minimum Gasteiger partial charge on any atom is -0.324 e. The molecule has 2 N–H and O–H groups in total. The van der Waals surface area contributed by atoms with Crippen LogP contribution >= 0.6 is 0 Å². The molecule has 140 valence electrons. The lowest BCUT2D eigenvalue weighted by molar-refractivity contribution is 0.102. The third kappa shape index (κ3) is 3.40. The zero-order chi connectivity index (χ0) is 19.0. The predicted molar refractivity (Wildman–Crippen MR) is 106 cm³/mol. The van der Waals surface area contributed by atoms with E-state index in [2.05, 4.69) is 15.3 Å². The number of rotatable bonds is 3. The van der Waals surface area contributed by atoms with E-state index in [1.54, 1.807) is 18.2 Å². The second kappa shape index (κ2) is 6.70. The van der Waals surface area contributed by atoms with Crippen molar-refractivity contribution < 1.29 is 13.2 Å². The van der Waals surface area contributed by atoms with Gasteiger partial charge in [-0.3, -0.25) is 14.4 Å².